The lowest BCUT2D eigenvalue weighted by Gasteiger charge is -2.30. The van der Waals surface area contributed by atoms with Crippen LogP contribution in [0.5, 0.6) is 0 Å². The van der Waals surface area contributed by atoms with E-state index in [2.05, 4.69) is 39.1 Å². The molecule has 0 radical (unpaired) electrons. The molecule has 2 heteroatoms. The van der Waals surface area contributed by atoms with Gasteiger partial charge >= 0.3 is 0 Å². The van der Waals surface area contributed by atoms with Gasteiger partial charge in [0.25, 0.3) is 0 Å². The molecule has 1 aromatic heterocycles. The Morgan fingerprint density at radius 2 is 2.06 bits per heavy atom. The van der Waals surface area contributed by atoms with Crippen molar-refractivity contribution in [1.82, 2.24) is 5.32 Å². The third-order valence-corrected chi connectivity index (χ3v) is 5.50. The highest BCUT2D eigenvalue weighted by molar-refractivity contribution is 7.12. The molecule has 0 spiro atoms. The Morgan fingerprint density at radius 1 is 1.33 bits per heavy atom. The van der Waals surface area contributed by atoms with E-state index >= 15 is 0 Å². The Morgan fingerprint density at radius 3 is 2.67 bits per heavy atom. The summed E-state index contributed by atoms with van der Waals surface area (Å²) in [4.78, 5) is 2.91. The predicted octanol–water partition coefficient (Wildman–Crippen LogP) is 4.84. The number of rotatable bonds is 4. The topological polar surface area (TPSA) is 12.0 Å². The van der Waals surface area contributed by atoms with E-state index in [4.69, 9.17) is 0 Å². The fourth-order valence-electron chi connectivity index (χ4n) is 3.21. The van der Waals surface area contributed by atoms with Crippen molar-refractivity contribution >= 4 is 11.3 Å². The molecule has 2 rings (SSSR count). The minimum atomic E-state index is 0.504. The first-order chi connectivity index (χ1) is 8.58. The first-order valence-electron chi connectivity index (χ1n) is 7.38. The molecule has 0 saturated heterocycles. The van der Waals surface area contributed by atoms with Gasteiger partial charge in [0, 0.05) is 15.8 Å². The molecule has 0 amide bonds. The van der Waals surface area contributed by atoms with Gasteiger partial charge in [0.2, 0.25) is 0 Å². The summed E-state index contributed by atoms with van der Waals surface area (Å²) < 4.78 is 0. The van der Waals surface area contributed by atoms with Crippen LogP contribution >= 0.6 is 11.3 Å². The summed E-state index contributed by atoms with van der Waals surface area (Å²) >= 11 is 1.92. The minimum Gasteiger partial charge on any atom is -0.310 e. The number of hydrogen-bond donors (Lipinski definition) is 1. The quantitative estimate of drug-likeness (QED) is 0.821. The van der Waals surface area contributed by atoms with Crippen molar-refractivity contribution in [2.24, 2.45) is 11.8 Å². The molecule has 102 valence electrons. The Kier molecular flexibility index (Phi) is 4.85. The Balaban J connectivity index is 1.87. The minimum absolute atomic E-state index is 0.504. The lowest BCUT2D eigenvalue weighted by molar-refractivity contribution is 0.242. The van der Waals surface area contributed by atoms with Crippen molar-refractivity contribution in [2.45, 2.75) is 59.4 Å². The van der Waals surface area contributed by atoms with Gasteiger partial charge in [0.1, 0.15) is 0 Å². The smallest absolute Gasteiger partial charge is 0.0302 e. The van der Waals surface area contributed by atoms with E-state index in [0.717, 1.165) is 11.8 Å². The summed E-state index contributed by atoms with van der Waals surface area (Å²) in [5.74, 6) is 1.80. The monoisotopic (exact) mass is 265 g/mol. The third-order valence-electron chi connectivity index (χ3n) is 4.52. The van der Waals surface area contributed by atoms with E-state index in [9.17, 15) is 0 Å². The zero-order chi connectivity index (χ0) is 13.1. The van der Waals surface area contributed by atoms with E-state index in [1.165, 1.54) is 47.5 Å². The largest absolute Gasteiger partial charge is 0.310 e. The number of hydrogen-bond acceptors (Lipinski definition) is 2. The molecule has 1 saturated carbocycles. The van der Waals surface area contributed by atoms with Gasteiger partial charge in [-0.3, -0.25) is 0 Å². The molecular weight excluding hydrogens is 238 g/mol. The van der Waals surface area contributed by atoms with Crippen LogP contribution in [0.25, 0.3) is 0 Å². The highest BCUT2D eigenvalue weighted by Gasteiger charge is 2.22. The van der Waals surface area contributed by atoms with Crippen LogP contribution < -0.4 is 5.32 Å². The first-order valence-corrected chi connectivity index (χ1v) is 8.20. The molecule has 1 aliphatic rings. The molecule has 1 N–H and O–H groups in total. The molecule has 3 unspecified atom stereocenters. The van der Waals surface area contributed by atoms with Crippen LogP contribution in [0.2, 0.25) is 0 Å². The lowest BCUT2D eigenvalue weighted by atomic mass is 9.80. The third kappa shape index (κ3) is 3.36. The van der Waals surface area contributed by atoms with Crippen LogP contribution in [0.4, 0.5) is 0 Å². The molecule has 1 aromatic rings. The SMILES string of the molecule is Cc1cc(C(C)NCC2CCCCC2C)c(C)s1. The summed E-state index contributed by atoms with van der Waals surface area (Å²) in [7, 11) is 0. The van der Waals surface area contributed by atoms with E-state index in [1.54, 1.807) is 0 Å². The normalized spacial score (nSPS) is 26.2. The van der Waals surface area contributed by atoms with Crippen molar-refractivity contribution < 1.29 is 0 Å². The molecule has 18 heavy (non-hydrogen) atoms. The second kappa shape index (κ2) is 6.21. The molecule has 0 aliphatic heterocycles. The van der Waals surface area contributed by atoms with Crippen molar-refractivity contribution in [3.05, 3.63) is 21.4 Å². The van der Waals surface area contributed by atoms with Gasteiger partial charge in [0.05, 0.1) is 0 Å². The average molecular weight is 265 g/mol. The molecule has 1 aliphatic carbocycles. The van der Waals surface area contributed by atoms with Crippen LogP contribution in [-0.2, 0) is 0 Å². The average Bonchev–Trinajstić information content (AvgIpc) is 2.67. The summed E-state index contributed by atoms with van der Waals surface area (Å²) in [6, 6.07) is 2.85. The van der Waals surface area contributed by atoms with Gasteiger partial charge in [-0.25, -0.2) is 0 Å². The Bertz CT molecular complexity index is 382. The molecule has 3 atom stereocenters. The van der Waals surface area contributed by atoms with Crippen LogP contribution in [0.1, 0.15) is 60.9 Å². The maximum atomic E-state index is 3.76. The van der Waals surface area contributed by atoms with Crippen LogP contribution in [0.15, 0.2) is 6.07 Å². The maximum absolute atomic E-state index is 3.76. The van der Waals surface area contributed by atoms with E-state index in [-0.39, 0.29) is 0 Å². The highest BCUT2D eigenvalue weighted by atomic mass is 32.1. The van der Waals surface area contributed by atoms with Gasteiger partial charge in [0.15, 0.2) is 0 Å². The summed E-state index contributed by atoms with van der Waals surface area (Å²) in [6.45, 7) is 10.4. The van der Waals surface area contributed by atoms with Crippen molar-refractivity contribution in [2.75, 3.05) is 6.54 Å². The molecule has 1 nitrogen and oxygen atoms in total. The van der Waals surface area contributed by atoms with Gasteiger partial charge in [-0.15, -0.1) is 11.3 Å². The number of aryl methyl sites for hydroxylation is 2. The number of thiophene rings is 1. The molecule has 0 bridgehead atoms. The fourth-order valence-corrected chi connectivity index (χ4v) is 4.24. The highest BCUT2D eigenvalue weighted by Crippen LogP contribution is 2.30. The van der Waals surface area contributed by atoms with Gasteiger partial charge in [-0.1, -0.05) is 26.2 Å². The van der Waals surface area contributed by atoms with E-state index in [1.807, 2.05) is 11.3 Å². The van der Waals surface area contributed by atoms with Crippen LogP contribution in [0, 0.1) is 25.7 Å². The van der Waals surface area contributed by atoms with Crippen LogP contribution in [0.3, 0.4) is 0 Å². The second-order valence-corrected chi connectivity index (χ2v) is 7.48. The number of nitrogens with one attached hydrogen (secondary N) is 1. The summed E-state index contributed by atoms with van der Waals surface area (Å²) in [6.07, 6.45) is 5.72. The van der Waals surface area contributed by atoms with E-state index in [0.29, 0.717) is 6.04 Å². The molecular formula is C16H27NS. The van der Waals surface area contributed by atoms with Gasteiger partial charge in [-0.05, 0) is 57.2 Å². The molecule has 1 heterocycles. The van der Waals surface area contributed by atoms with Crippen molar-refractivity contribution in [3.8, 4) is 0 Å². The second-order valence-electron chi connectivity index (χ2n) is 6.02. The maximum Gasteiger partial charge on any atom is 0.0302 e. The van der Waals surface area contributed by atoms with Gasteiger partial charge < -0.3 is 5.32 Å². The fraction of sp³-hybridized carbons (Fsp3) is 0.750. The van der Waals surface area contributed by atoms with Crippen LogP contribution in [-0.4, -0.2) is 6.54 Å². The standard InChI is InChI=1S/C16H27NS/c1-11-7-5-6-8-15(11)10-17-13(3)16-9-12(2)18-14(16)4/h9,11,13,15,17H,5-8,10H2,1-4H3. The Hall–Kier alpha value is -0.340. The zero-order valence-corrected chi connectivity index (χ0v) is 13.1. The van der Waals surface area contributed by atoms with Crippen molar-refractivity contribution in [1.29, 1.82) is 0 Å². The predicted molar refractivity (Wildman–Crippen MR) is 81.3 cm³/mol. The first kappa shape index (κ1) is 14.1. The summed E-state index contributed by atoms with van der Waals surface area (Å²) in [5.41, 5.74) is 1.50. The molecule has 1 fully saturated rings. The Labute approximate surface area is 116 Å². The van der Waals surface area contributed by atoms with E-state index < -0.39 is 0 Å². The lowest BCUT2D eigenvalue weighted by Crippen LogP contribution is -2.31. The van der Waals surface area contributed by atoms with Crippen molar-refractivity contribution in [3.63, 3.8) is 0 Å². The zero-order valence-electron chi connectivity index (χ0n) is 12.3. The molecule has 0 aromatic carbocycles. The summed E-state index contributed by atoms with van der Waals surface area (Å²) in [5, 5.41) is 3.76. The van der Waals surface area contributed by atoms with Gasteiger partial charge in [-0.2, -0.15) is 0 Å².